The number of anilines is 1. The molecule has 0 aliphatic carbocycles. The first-order valence-electron chi connectivity index (χ1n) is 5.63. The highest BCUT2D eigenvalue weighted by molar-refractivity contribution is 9.10. The number of fused-ring (bicyclic) bond motifs is 1. The van der Waals surface area contributed by atoms with Gasteiger partial charge in [0.25, 0.3) is 5.91 Å². The van der Waals surface area contributed by atoms with E-state index < -0.39 is 0 Å². The van der Waals surface area contributed by atoms with Gasteiger partial charge in [-0.1, -0.05) is 12.1 Å². The number of nitrogens with one attached hydrogen (secondary N) is 1. The smallest absolute Gasteiger partial charge is 0.256 e. The number of thiophene rings is 1. The predicted octanol–water partition coefficient (Wildman–Crippen LogP) is 4.31. The van der Waals surface area contributed by atoms with E-state index in [1.54, 1.807) is 29.8 Å². The van der Waals surface area contributed by atoms with Gasteiger partial charge in [-0.3, -0.25) is 9.78 Å². The summed E-state index contributed by atoms with van der Waals surface area (Å²) in [6, 6.07) is 9.61. The normalized spacial score (nSPS) is 10.6. The Balaban J connectivity index is 1.95. The fraction of sp³-hybridized carbons (Fsp3) is 0. The first-order chi connectivity index (χ1) is 9.25. The molecule has 0 atom stereocenters. The standard InChI is InChI=1S/C14H9BrN2OS/c15-11-8-16-6-4-10(11)14(18)17-12-3-1-2-9-5-7-19-13(9)12/h1-8H,(H,17,18). The van der Waals surface area contributed by atoms with Crippen LogP contribution in [0.2, 0.25) is 0 Å². The van der Waals surface area contributed by atoms with Gasteiger partial charge in [0.15, 0.2) is 0 Å². The fourth-order valence-corrected chi connectivity index (χ4v) is 3.14. The first-order valence-corrected chi connectivity index (χ1v) is 7.30. The second-order valence-corrected chi connectivity index (χ2v) is 5.72. The van der Waals surface area contributed by atoms with E-state index in [1.165, 1.54) is 0 Å². The minimum absolute atomic E-state index is 0.143. The van der Waals surface area contributed by atoms with Gasteiger partial charge in [-0.25, -0.2) is 0 Å². The number of pyridine rings is 1. The minimum Gasteiger partial charge on any atom is -0.321 e. The molecule has 0 fully saturated rings. The molecule has 0 aliphatic rings. The van der Waals surface area contributed by atoms with Crippen LogP contribution in [0, 0.1) is 0 Å². The maximum absolute atomic E-state index is 12.2. The topological polar surface area (TPSA) is 42.0 Å². The van der Waals surface area contributed by atoms with E-state index in [9.17, 15) is 4.79 Å². The summed E-state index contributed by atoms with van der Waals surface area (Å²) in [6.45, 7) is 0. The van der Waals surface area contributed by atoms with Gasteiger partial charge in [-0.2, -0.15) is 0 Å². The van der Waals surface area contributed by atoms with Crippen molar-refractivity contribution in [2.24, 2.45) is 0 Å². The van der Waals surface area contributed by atoms with Crippen molar-refractivity contribution in [3.05, 3.63) is 58.1 Å². The Morgan fingerprint density at radius 3 is 3.00 bits per heavy atom. The number of aromatic nitrogens is 1. The maximum atomic E-state index is 12.2. The molecule has 19 heavy (non-hydrogen) atoms. The van der Waals surface area contributed by atoms with Gasteiger partial charge in [0.2, 0.25) is 0 Å². The summed E-state index contributed by atoms with van der Waals surface area (Å²) in [4.78, 5) is 16.2. The van der Waals surface area contributed by atoms with Crippen LogP contribution in [-0.4, -0.2) is 10.9 Å². The summed E-state index contributed by atoms with van der Waals surface area (Å²) in [7, 11) is 0. The molecule has 1 aromatic carbocycles. The van der Waals surface area contributed by atoms with E-state index in [1.807, 2.05) is 29.6 Å². The number of amides is 1. The summed E-state index contributed by atoms with van der Waals surface area (Å²) in [5, 5.41) is 6.09. The van der Waals surface area contributed by atoms with Crippen LogP contribution in [-0.2, 0) is 0 Å². The van der Waals surface area contributed by atoms with E-state index in [2.05, 4.69) is 26.2 Å². The highest BCUT2D eigenvalue weighted by Gasteiger charge is 2.11. The van der Waals surface area contributed by atoms with Crippen molar-refractivity contribution >= 4 is 48.9 Å². The molecule has 0 unspecified atom stereocenters. The van der Waals surface area contributed by atoms with E-state index in [0.29, 0.717) is 10.0 Å². The second kappa shape index (κ2) is 5.11. The summed E-state index contributed by atoms with van der Waals surface area (Å²) in [5.74, 6) is -0.143. The molecule has 3 nitrogen and oxygen atoms in total. The molecule has 1 amide bonds. The van der Waals surface area contributed by atoms with Crippen LogP contribution < -0.4 is 5.32 Å². The second-order valence-electron chi connectivity index (χ2n) is 3.95. The molecule has 0 bridgehead atoms. The molecule has 3 aromatic rings. The zero-order valence-electron chi connectivity index (χ0n) is 9.76. The number of halogens is 1. The highest BCUT2D eigenvalue weighted by Crippen LogP contribution is 2.29. The van der Waals surface area contributed by atoms with Crippen molar-refractivity contribution in [2.45, 2.75) is 0 Å². The van der Waals surface area contributed by atoms with E-state index in [0.717, 1.165) is 15.8 Å². The van der Waals surface area contributed by atoms with Crippen molar-refractivity contribution < 1.29 is 4.79 Å². The number of hydrogen-bond acceptors (Lipinski definition) is 3. The first kappa shape index (κ1) is 12.3. The number of carbonyl (C=O) groups is 1. The predicted molar refractivity (Wildman–Crippen MR) is 81.7 cm³/mol. The largest absolute Gasteiger partial charge is 0.321 e. The van der Waals surface area contributed by atoms with E-state index in [-0.39, 0.29) is 5.91 Å². The van der Waals surface area contributed by atoms with Crippen molar-refractivity contribution in [1.82, 2.24) is 4.98 Å². The van der Waals surface area contributed by atoms with Crippen LogP contribution >= 0.6 is 27.3 Å². The molecular weight excluding hydrogens is 324 g/mol. The number of rotatable bonds is 2. The van der Waals surface area contributed by atoms with Crippen molar-refractivity contribution in [3.8, 4) is 0 Å². The summed E-state index contributed by atoms with van der Waals surface area (Å²) >= 11 is 4.95. The SMILES string of the molecule is O=C(Nc1cccc2ccsc12)c1ccncc1Br. The monoisotopic (exact) mass is 332 g/mol. The van der Waals surface area contributed by atoms with Crippen molar-refractivity contribution in [1.29, 1.82) is 0 Å². The van der Waals surface area contributed by atoms with Crippen LogP contribution in [0.15, 0.2) is 52.6 Å². The maximum Gasteiger partial charge on any atom is 0.256 e. The molecule has 0 radical (unpaired) electrons. The highest BCUT2D eigenvalue weighted by atomic mass is 79.9. The average molecular weight is 333 g/mol. The lowest BCUT2D eigenvalue weighted by molar-refractivity contribution is 0.102. The minimum atomic E-state index is -0.143. The molecule has 3 rings (SSSR count). The van der Waals surface area contributed by atoms with Gasteiger partial charge in [0.1, 0.15) is 0 Å². The summed E-state index contributed by atoms with van der Waals surface area (Å²) in [6.07, 6.45) is 3.21. The molecule has 0 spiro atoms. The fourth-order valence-electron chi connectivity index (χ4n) is 1.84. The van der Waals surface area contributed by atoms with Crippen molar-refractivity contribution in [3.63, 3.8) is 0 Å². The molecule has 1 N–H and O–H groups in total. The molecule has 0 aliphatic heterocycles. The lowest BCUT2D eigenvalue weighted by atomic mass is 10.2. The van der Waals surface area contributed by atoms with Crippen LogP contribution in [0.1, 0.15) is 10.4 Å². The number of benzene rings is 1. The van der Waals surface area contributed by atoms with Crippen molar-refractivity contribution in [2.75, 3.05) is 5.32 Å². The van der Waals surface area contributed by atoms with Gasteiger partial charge in [0, 0.05) is 16.9 Å². The van der Waals surface area contributed by atoms with Gasteiger partial charge < -0.3 is 5.32 Å². The molecule has 5 heteroatoms. The Bertz CT molecular complexity index is 754. The molecule has 0 saturated heterocycles. The van der Waals surface area contributed by atoms with Crippen LogP contribution in [0.4, 0.5) is 5.69 Å². The van der Waals surface area contributed by atoms with E-state index >= 15 is 0 Å². The lowest BCUT2D eigenvalue weighted by Gasteiger charge is -2.07. The van der Waals surface area contributed by atoms with Crippen LogP contribution in [0.3, 0.4) is 0 Å². The Morgan fingerprint density at radius 1 is 1.26 bits per heavy atom. The van der Waals surface area contributed by atoms with Gasteiger partial charge in [-0.05, 0) is 44.9 Å². The van der Waals surface area contributed by atoms with Gasteiger partial charge in [-0.15, -0.1) is 11.3 Å². The third kappa shape index (κ3) is 2.39. The summed E-state index contributed by atoms with van der Waals surface area (Å²) in [5.41, 5.74) is 1.41. The number of nitrogens with zero attached hydrogens (tertiary/aromatic N) is 1. The molecule has 2 aromatic heterocycles. The summed E-state index contributed by atoms with van der Waals surface area (Å²) < 4.78 is 1.77. The Kier molecular flexibility index (Phi) is 3.31. The molecule has 94 valence electrons. The zero-order chi connectivity index (χ0) is 13.2. The Labute approximate surface area is 122 Å². The number of hydrogen-bond donors (Lipinski definition) is 1. The molecule has 0 saturated carbocycles. The quantitative estimate of drug-likeness (QED) is 0.759. The van der Waals surface area contributed by atoms with Crippen LogP contribution in [0.5, 0.6) is 0 Å². The Hall–Kier alpha value is -1.72. The van der Waals surface area contributed by atoms with Gasteiger partial charge in [0.05, 0.1) is 16.0 Å². The van der Waals surface area contributed by atoms with Crippen LogP contribution in [0.25, 0.3) is 10.1 Å². The van der Waals surface area contributed by atoms with E-state index in [4.69, 9.17) is 0 Å². The molecular formula is C14H9BrN2OS. The lowest BCUT2D eigenvalue weighted by Crippen LogP contribution is -2.12. The zero-order valence-corrected chi connectivity index (χ0v) is 12.2. The Morgan fingerprint density at radius 2 is 2.16 bits per heavy atom. The third-order valence-corrected chi connectivity index (χ3v) is 4.34. The van der Waals surface area contributed by atoms with Gasteiger partial charge >= 0.3 is 0 Å². The average Bonchev–Trinajstić information content (AvgIpc) is 2.88. The molecule has 2 heterocycles. The number of carbonyl (C=O) groups excluding carboxylic acids is 1. The third-order valence-electron chi connectivity index (χ3n) is 2.74.